The summed E-state index contributed by atoms with van der Waals surface area (Å²) in [4.78, 5) is 17.0. The summed E-state index contributed by atoms with van der Waals surface area (Å²) in [5, 5.41) is 0.624. The Kier molecular flexibility index (Phi) is 4.76. The number of aromatic nitrogens is 1. The number of methoxy groups -OCH3 is 2. The van der Waals surface area contributed by atoms with E-state index in [-0.39, 0.29) is 5.91 Å². The van der Waals surface area contributed by atoms with Crippen molar-refractivity contribution in [2.75, 3.05) is 19.6 Å². The maximum Gasteiger partial charge on any atom is 0.273 e. The number of ether oxygens (including phenoxy) is 2. The minimum atomic E-state index is -0.331. The molecule has 0 aliphatic heterocycles. The van der Waals surface area contributed by atoms with E-state index in [9.17, 15) is 4.79 Å². The number of fused-ring (bicyclic) bond motifs is 1. The van der Waals surface area contributed by atoms with Crippen molar-refractivity contribution in [2.24, 2.45) is 0 Å². The zero-order chi connectivity index (χ0) is 18.0. The second-order valence-electron chi connectivity index (χ2n) is 5.57. The molecule has 0 saturated carbocycles. The molecule has 0 bridgehead atoms. The second kappa shape index (κ2) is 6.98. The fraction of sp³-hybridized carbons (Fsp3) is 0.222. The molecule has 25 heavy (non-hydrogen) atoms. The Morgan fingerprint density at radius 1 is 1.16 bits per heavy atom. The number of nitrogens with zero attached hydrogens (tertiary/aromatic N) is 1. The lowest BCUT2D eigenvalue weighted by Crippen LogP contribution is -2.29. The van der Waals surface area contributed by atoms with Gasteiger partial charge in [-0.1, -0.05) is 23.5 Å². The van der Waals surface area contributed by atoms with E-state index in [2.05, 4.69) is 28.8 Å². The molecule has 0 aliphatic carbocycles. The SMILES string of the molecule is COc1cccc(C(=O)NNc2nc3cc(C)cc(C)c3s2)c1OC. The molecule has 6 nitrogen and oxygen atoms in total. The predicted molar refractivity (Wildman–Crippen MR) is 99.7 cm³/mol. The third kappa shape index (κ3) is 3.36. The van der Waals surface area contributed by atoms with Crippen LogP contribution in [-0.2, 0) is 0 Å². The van der Waals surface area contributed by atoms with Crippen LogP contribution in [0.3, 0.4) is 0 Å². The molecule has 0 saturated heterocycles. The van der Waals surface area contributed by atoms with E-state index in [1.54, 1.807) is 18.2 Å². The molecule has 7 heteroatoms. The first-order chi connectivity index (χ1) is 12.0. The van der Waals surface area contributed by atoms with Crippen molar-refractivity contribution in [3.63, 3.8) is 0 Å². The molecule has 0 radical (unpaired) electrons. The number of carbonyl (C=O) groups is 1. The molecular weight excluding hydrogens is 338 g/mol. The van der Waals surface area contributed by atoms with Crippen LogP contribution >= 0.6 is 11.3 Å². The molecular formula is C18H19N3O3S. The Hall–Kier alpha value is -2.80. The summed E-state index contributed by atoms with van der Waals surface area (Å²) < 4.78 is 11.6. The molecule has 3 aromatic rings. The number of hydrogen-bond donors (Lipinski definition) is 2. The highest BCUT2D eigenvalue weighted by molar-refractivity contribution is 7.22. The van der Waals surface area contributed by atoms with Gasteiger partial charge in [0.05, 0.1) is 30.0 Å². The van der Waals surface area contributed by atoms with E-state index < -0.39 is 0 Å². The molecule has 1 heterocycles. The van der Waals surface area contributed by atoms with Gasteiger partial charge in [-0.15, -0.1) is 0 Å². The van der Waals surface area contributed by atoms with Crippen LogP contribution in [0, 0.1) is 13.8 Å². The molecule has 130 valence electrons. The number of hydrazine groups is 1. The van der Waals surface area contributed by atoms with Crippen molar-refractivity contribution in [1.29, 1.82) is 0 Å². The molecule has 2 N–H and O–H groups in total. The van der Waals surface area contributed by atoms with Gasteiger partial charge in [-0.3, -0.25) is 15.6 Å². The van der Waals surface area contributed by atoms with Gasteiger partial charge in [-0.25, -0.2) is 4.98 Å². The molecule has 0 aliphatic rings. The highest BCUT2D eigenvalue weighted by atomic mass is 32.1. The number of rotatable bonds is 5. The number of thiazole rings is 1. The number of aryl methyl sites for hydroxylation is 2. The monoisotopic (exact) mass is 357 g/mol. The zero-order valence-electron chi connectivity index (χ0n) is 14.5. The zero-order valence-corrected chi connectivity index (χ0v) is 15.3. The number of amides is 1. The van der Waals surface area contributed by atoms with Crippen LogP contribution < -0.4 is 20.3 Å². The molecule has 0 fully saturated rings. The van der Waals surface area contributed by atoms with Crippen molar-refractivity contribution in [1.82, 2.24) is 10.4 Å². The van der Waals surface area contributed by atoms with Crippen molar-refractivity contribution in [3.05, 3.63) is 47.0 Å². The van der Waals surface area contributed by atoms with Gasteiger partial charge in [0, 0.05) is 0 Å². The fourth-order valence-electron chi connectivity index (χ4n) is 2.67. The summed E-state index contributed by atoms with van der Waals surface area (Å²) in [5.74, 6) is 0.559. The summed E-state index contributed by atoms with van der Waals surface area (Å²) >= 11 is 1.49. The van der Waals surface area contributed by atoms with E-state index >= 15 is 0 Å². The third-order valence-electron chi connectivity index (χ3n) is 3.75. The Balaban J connectivity index is 1.80. The molecule has 0 atom stereocenters. The van der Waals surface area contributed by atoms with E-state index in [1.807, 2.05) is 13.0 Å². The first-order valence-corrected chi connectivity index (χ1v) is 8.50. The Morgan fingerprint density at radius 3 is 2.68 bits per heavy atom. The average Bonchev–Trinajstić information content (AvgIpc) is 3.02. The Morgan fingerprint density at radius 2 is 1.96 bits per heavy atom. The molecule has 3 rings (SSSR count). The standard InChI is InChI=1S/C18H19N3O3S/c1-10-8-11(2)16-13(9-10)19-18(25-16)21-20-17(22)12-6-5-7-14(23-3)15(12)24-4/h5-9H,1-4H3,(H,19,21)(H,20,22). The molecule has 0 spiro atoms. The van der Waals surface area contributed by atoms with Crippen LogP contribution in [0.4, 0.5) is 5.13 Å². The number of nitrogens with one attached hydrogen (secondary N) is 2. The van der Waals surface area contributed by atoms with Crippen LogP contribution in [0.25, 0.3) is 10.2 Å². The van der Waals surface area contributed by atoms with Gasteiger partial charge in [0.1, 0.15) is 0 Å². The third-order valence-corrected chi connectivity index (χ3v) is 4.87. The minimum Gasteiger partial charge on any atom is -0.493 e. The summed E-state index contributed by atoms with van der Waals surface area (Å²) in [6.45, 7) is 4.09. The topological polar surface area (TPSA) is 72.5 Å². The average molecular weight is 357 g/mol. The lowest BCUT2D eigenvalue weighted by atomic mass is 10.1. The fourth-order valence-corrected chi connectivity index (χ4v) is 3.54. The first-order valence-electron chi connectivity index (χ1n) is 7.68. The van der Waals surface area contributed by atoms with Gasteiger partial charge < -0.3 is 9.47 Å². The highest BCUT2D eigenvalue weighted by Gasteiger charge is 2.16. The maximum atomic E-state index is 12.5. The number of para-hydroxylation sites is 1. The molecule has 1 amide bonds. The van der Waals surface area contributed by atoms with E-state index in [4.69, 9.17) is 9.47 Å². The largest absolute Gasteiger partial charge is 0.493 e. The van der Waals surface area contributed by atoms with Gasteiger partial charge in [0.15, 0.2) is 11.5 Å². The van der Waals surface area contributed by atoms with Crippen molar-refractivity contribution in [3.8, 4) is 11.5 Å². The summed E-state index contributed by atoms with van der Waals surface area (Å²) in [5.41, 5.74) is 9.16. The predicted octanol–water partition coefficient (Wildman–Crippen LogP) is 3.69. The molecule has 1 aromatic heterocycles. The maximum absolute atomic E-state index is 12.5. The van der Waals surface area contributed by atoms with Crippen LogP contribution in [0.2, 0.25) is 0 Å². The number of carbonyl (C=O) groups excluding carboxylic acids is 1. The number of hydrogen-bond acceptors (Lipinski definition) is 6. The molecule has 0 unspecified atom stereocenters. The smallest absolute Gasteiger partial charge is 0.273 e. The van der Waals surface area contributed by atoms with Crippen LogP contribution in [0.15, 0.2) is 30.3 Å². The van der Waals surface area contributed by atoms with Crippen molar-refractivity contribution in [2.45, 2.75) is 13.8 Å². The molecule has 2 aromatic carbocycles. The van der Waals surface area contributed by atoms with Crippen LogP contribution in [0.1, 0.15) is 21.5 Å². The minimum absolute atomic E-state index is 0.331. The Labute approximate surface area is 149 Å². The van der Waals surface area contributed by atoms with Crippen molar-refractivity contribution < 1.29 is 14.3 Å². The normalized spacial score (nSPS) is 10.6. The number of benzene rings is 2. The van der Waals surface area contributed by atoms with E-state index in [0.29, 0.717) is 22.2 Å². The summed E-state index contributed by atoms with van der Waals surface area (Å²) in [6, 6.07) is 9.28. The summed E-state index contributed by atoms with van der Waals surface area (Å²) in [6.07, 6.45) is 0. The van der Waals surface area contributed by atoms with Gasteiger partial charge in [-0.05, 0) is 43.2 Å². The Bertz CT molecular complexity index is 937. The highest BCUT2D eigenvalue weighted by Crippen LogP contribution is 2.31. The van der Waals surface area contributed by atoms with E-state index in [0.717, 1.165) is 15.8 Å². The van der Waals surface area contributed by atoms with Gasteiger partial charge in [-0.2, -0.15) is 0 Å². The van der Waals surface area contributed by atoms with Crippen LogP contribution in [0.5, 0.6) is 11.5 Å². The van der Waals surface area contributed by atoms with E-state index in [1.165, 1.54) is 31.1 Å². The quantitative estimate of drug-likeness (QED) is 0.682. The van der Waals surface area contributed by atoms with Gasteiger partial charge in [0.25, 0.3) is 5.91 Å². The van der Waals surface area contributed by atoms with Crippen molar-refractivity contribution >= 4 is 32.6 Å². The number of anilines is 1. The second-order valence-corrected chi connectivity index (χ2v) is 6.57. The van der Waals surface area contributed by atoms with Gasteiger partial charge in [0.2, 0.25) is 5.13 Å². The lowest BCUT2D eigenvalue weighted by molar-refractivity contribution is 0.0959. The van der Waals surface area contributed by atoms with Crippen LogP contribution in [-0.4, -0.2) is 25.1 Å². The summed E-state index contributed by atoms with van der Waals surface area (Å²) in [7, 11) is 3.03. The van der Waals surface area contributed by atoms with Gasteiger partial charge >= 0.3 is 0 Å². The first kappa shape index (κ1) is 17.0. The lowest BCUT2D eigenvalue weighted by Gasteiger charge is -2.12.